The molecule has 0 aliphatic carbocycles. The van der Waals surface area contributed by atoms with Crippen molar-refractivity contribution in [2.45, 2.75) is 38.9 Å². The highest BCUT2D eigenvalue weighted by Crippen LogP contribution is 2.54. The Labute approximate surface area is 120 Å². The second kappa shape index (κ2) is 4.76. The highest BCUT2D eigenvalue weighted by atomic mass is 35.5. The fraction of sp³-hybridized carbons (Fsp3) is 0.625. The number of ether oxygens (including phenoxy) is 2. The Hall–Kier alpha value is -0.570. The summed E-state index contributed by atoms with van der Waals surface area (Å²) in [7, 11) is 0. The SMILES string of the molecule is CCCC12COC(c3ccc(Cl)cc3)(CC1C)OC2. The van der Waals surface area contributed by atoms with Gasteiger partial charge in [0, 0.05) is 22.4 Å². The zero-order valence-corrected chi connectivity index (χ0v) is 12.4. The van der Waals surface area contributed by atoms with Crippen LogP contribution in [0, 0.1) is 11.3 Å². The Balaban J connectivity index is 1.87. The van der Waals surface area contributed by atoms with Gasteiger partial charge in [-0.05, 0) is 24.5 Å². The summed E-state index contributed by atoms with van der Waals surface area (Å²) in [6.07, 6.45) is 3.31. The molecule has 2 nitrogen and oxygen atoms in total. The summed E-state index contributed by atoms with van der Waals surface area (Å²) in [4.78, 5) is 0. The lowest BCUT2D eigenvalue weighted by Crippen LogP contribution is -2.58. The van der Waals surface area contributed by atoms with E-state index in [4.69, 9.17) is 21.1 Å². The molecule has 0 aromatic heterocycles. The van der Waals surface area contributed by atoms with Crippen LogP contribution in [-0.2, 0) is 15.3 Å². The third kappa shape index (κ3) is 2.10. The van der Waals surface area contributed by atoms with Gasteiger partial charge in [0.05, 0.1) is 13.2 Å². The van der Waals surface area contributed by atoms with Crippen LogP contribution in [0.1, 0.15) is 38.7 Å². The summed E-state index contributed by atoms with van der Waals surface area (Å²) in [5.74, 6) is 0.0880. The molecule has 3 heteroatoms. The number of halogens is 1. The normalized spacial score (nSPS) is 37.5. The van der Waals surface area contributed by atoms with E-state index in [1.54, 1.807) is 0 Å². The van der Waals surface area contributed by atoms with Crippen LogP contribution in [0.25, 0.3) is 0 Å². The number of rotatable bonds is 3. The van der Waals surface area contributed by atoms with Crippen LogP contribution in [0.4, 0.5) is 0 Å². The van der Waals surface area contributed by atoms with E-state index in [-0.39, 0.29) is 5.41 Å². The summed E-state index contributed by atoms with van der Waals surface area (Å²) < 4.78 is 12.3. The molecular formula is C16H21ClO2. The molecule has 0 saturated carbocycles. The van der Waals surface area contributed by atoms with Crippen molar-refractivity contribution in [3.8, 4) is 0 Å². The van der Waals surface area contributed by atoms with E-state index in [1.165, 1.54) is 12.8 Å². The van der Waals surface area contributed by atoms with E-state index in [1.807, 2.05) is 24.3 Å². The smallest absolute Gasteiger partial charge is 0.195 e. The van der Waals surface area contributed by atoms with Gasteiger partial charge < -0.3 is 9.47 Å². The first-order valence-electron chi connectivity index (χ1n) is 7.14. The fourth-order valence-corrected chi connectivity index (χ4v) is 3.63. The van der Waals surface area contributed by atoms with Crippen molar-refractivity contribution >= 4 is 11.6 Å². The largest absolute Gasteiger partial charge is 0.345 e. The number of hydrogen-bond donors (Lipinski definition) is 0. The Morgan fingerprint density at radius 3 is 2.37 bits per heavy atom. The van der Waals surface area contributed by atoms with E-state index in [0.29, 0.717) is 5.92 Å². The fourth-order valence-electron chi connectivity index (χ4n) is 3.50. The van der Waals surface area contributed by atoms with Gasteiger partial charge in [-0.2, -0.15) is 0 Å². The molecule has 0 radical (unpaired) electrons. The van der Waals surface area contributed by atoms with Crippen molar-refractivity contribution in [2.75, 3.05) is 13.2 Å². The average molecular weight is 281 g/mol. The molecule has 0 amide bonds. The lowest BCUT2D eigenvalue weighted by atomic mass is 9.67. The molecule has 4 rings (SSSR count). The predicted molar refractivity (Wildman–Crippen MR) is 76.2 cm³/mol. The van der Waals surface area contributed by atoms with Crippen LogP contribution in [-0.4, -0.2) is 13.2 Å². The summed E-state index contributed by atoms with van der Waals surface area (Å²) in [5.41, 5.74) is 1.32. The van der Waals surface area contributed by atoms with Crippen molar-refractivity contribution < 1.29 is 9.47 Å². The third-order valence-corrected chi connectivity index (χ3v) is 5.09. The van der Waals surface area contributed by atoms with E-state index < -0.39 is 5.79 Å². The molecule has 3 heterocycles. The van der Waals surface area contributed by atoms with Crippen molar-refractivity contribution in [3.63, 3.8) is 0 Å². The Kier molecular flexibility index (Phi) is 3.36. The molecule has 3 saturated heterocycles. The molecule has 1 aromatic rings. The van der Waals surface area contributed by atoms with Crippen LogP contribution in [0.3, 0.4) is 0 Å². The van der Waals surface area contributed by atoms with Crippen molar-refractivity contribution in [2.24, 2.45) is 11.3 Å². The second-order valence-corrected chi connectivity index (χ2v) is 6.49. The number of fused-ring (bicyclic) bond motifs is 3. The van der Waals surface area contributed by atoms with Crippen molar-refractivity contribution in [1.29, 1.82) is 0 Å². The minimum atomic E-state index is -0.542. The van der Waals surface area contributed by atoms with Gasteiger partial charge in [-0.15, -0.1) is 0 Å². The molecule has 0 N–H and O–H groups in total. The quantitative estimate of drug-likeness (QED) is 0.819. The molecule has 3 fully saturated rings. The molecule has 2 bridgehead atoms. The molecule has 3 aliphatic heterocycles. The first kappa shape index (κ1) is 13.4. The van der Waals surface area contributed by atoms with E-state index in [2.05, 4.69) is 13.8 Å². The summed E-state index contributed by atoms with van der Waals surface area (Å²) in [5, 5.41) is 0.750. The summed E-state index contributed by atoms with van der Waals surface area (Å²) in [6, 6.07) is 7.86. The Bertz CT molecular complexity index is 446. The molecular weight excluding hydrogens is 260 g/mol. The van der Waals surface area contributed by atoms with Gasteiger partial charge in [-0.1, -0.05) is 44.0 Å². The van der Waals surface area contributed by atoms with Gasteiger partial charge in [0.25, 0.3) is 0 Å². The molecule has 0 spiro atoms. The zero-order chi connectivity index (χ0) is 13.5. The van der Waals surface area contributed by atoms with Crippen molar-refractivity contribution in [1.82, 2.24) is 0 Å². The maximum atomic E-state index is 6.15. The van der Waals surface area contributed by atoms with Crippen LogP contribution in [0.2, 0.25) is 5.02 Å². The van der Waals surface area contributed by atoms with Crippen LogP contribution in [0.5, 0.6) is 0 Å². The lowest BCUT2D eigenvalue weighted by Gasteiger charge is -2.56. The number of benzene rings is 1. The van der Waals surface area contributed by atoms with Gasteiger partial charge in [0.2, 0.25) is 0 Å². The van der Waals surface area contributed by atoms with E-state index in [0.717, 1.165) is 30.2 Å². The predicted octanol–water partition coefficient (Wildman–Crippen LogP) is 4.37. The second-order valence-electron chi connectivity index (χ2n) is 6.05. The van der Waals surface area contributed by atoms with Crippen LogP contribution in [0.15, 0.2) is 24.3 Å². The first-order chi connectivity index (χ1) is 9.10. The third-order valence-electron chi connectivity index (χ3n) is 4.84. The average Bonchev–Trinajstić information content (AvgIpc) is 2.42. The van der Waals surface area contributed by atoms with Gasteiger partial charge in [-0.25, -0.2) is 0 Å². The molecule has 1 aromatic carbocycles. The molecule has 3 aliphatic rings. The Morgan fingerprint density at radius 2 is 1.84 bits per heavy atom. The summed E-state index contributed by atoms with van der Waals surface area (Å²) >= 11 is 5.96. The minimum absolute atomic E-state index is 0.225. The van der Waals surface area contributed by atoms with Gasteiger partial charge in [0.1, 0.15) is 0 Å². The number of hydrogen-bond acceptors (Lipinski definition) is 2. The molecule has 19 heavy (non-hydrogen) atoms. The molecule has 104 valence electrons. The highest BCUT2D eigenvalue weighted by Gasteiger charge is 2.55. The van der Waals surface area contributed by atoms with Gasteiger partial charge in [0.15, 0.2) is 5.79 Å². The van der Waals surface area contributed by atoms with Crippen LogP contribution < -0.4 is 0 Å². The minimum Gasteiger partial charge on any atom is -0.345 e. The Morgan fingerprint density at radius 1 is 1.21 bits per heavy atom. The maximum Gasteiger partial charge on any atom is 0.195 e. The van der Waals surface area contributed by atoms with Crippen LogP contribution >= 0.6 is 11.6 Å². The molecule has 1 unspecified atom stereocenters. The monoisotopic (exact) mass is 280 g/mol. The first-order valence-corrected chi connectivity index (χ1v) is 7.52. The van der Waals surface area contributed by atoms with E-state index >= 15 is 0 Å². The lowest BCUT2D eigenvalue weighted by molar-refractivity contribution is -0.367. The zero-order valence-electron chi connectivity index (χ0n) is 11.6. The standard InChI is InChI=1S/C16H21ClO2/c1-3-8-15-10-18-16(19-11-15,9-12(15)2)13-4-6-14(17)7-5-13/h4-7,12H,3,8-11H2,1-2H3. The topological polar surface area (TPSA) is 18.5 Å². The summed E-state index contributed by atoms with van der Waals surface area (Å²) in [6.45, 7) is 6.19. The van der Waals surface area contributed by atoms with Crippen molar-refractivity contribution in [3.05, 3.63) is 34.9 Å². The maximum absolute atomic E-state index is 6.15. The molecule has 1 atom stereocenters. The highest BCUT2D eigenvalue weighted by molar-refractivity contribution is 6.30. The van der Waals surface area contributed by atoms with Gasteiger partial charge >= 0.3 is 0 Å². The van der Waals surface area contributed by atoms with E-state index in [9.17, 15) is 0 Å². The van der Waals surface area contributed by atoms with Gasteiger partial charge in [-0.3, -0.25) is 0 Å².